The summed E-state index contributed by atoms with van der Waals surface area (Å²) in [6.07, 6.45) is 8.21. The third-order valence-electron chi connectivity index (χ3n) is 2.36. The van der Waals surface area contributed by atoms with E-state index >= 15 is 0 Å². The second-order valence-corrected chi connectivity index (χ2v) is 3.11. The van der Waals surface area contributed by atoms with Crippen LogP contribution in [0.4, 0.5) is 0 Å². The van der Waals surface area contributed by atoms with Crippen LogP contribution < -0.4 is 10.6 Å². The van der Waals surface area contributed by atoms with Crippen LogP contribution in [-0.2, 0) is 0 Å². The first-order valence-corrected chi connectivity index (χ1v) is 4.10. The van der Waals surface area contributed by atoms with Gasteiger partial charge < -0.3 is 10.6 Å². The molecule has 0 atom stereocenters. The van der Waals surface area contributed by atoms with Crippen molar-refractivity contribution in [2.75, 3.05) is 13.1 Å². The lowest BCUT2D eigenvalue weighted by Gasteiger charge is -2.32. The Morgan fingerprint density at radius 1 is 1.27 bits per heavy atom. The quantitative estimate of drug-likeness (QED) is 0.521. The number of nitrogens with one attached hydrogen (secondary N) is 2. The van der Waals surface area contributed by atoms with Crippen molar-refractivity contribution in [3.8, 4) is 0 Å². The molecule has 2 aliphatic rings. The average molecular weight is 151 g/mol. The molecule has 1 fully saturated rings. The zero-order valence-electron chi connectivity index (χ0n) is 6.51. The van der Waals surface area contributed by atoms with Gasteiger partial charge in [0.1, 0.15) is 0 Å². The van der Waals surface area contributed by atoms with E-state index in [-0.39, 0.29) is 5.54 Å². The number of hydrogen-bond donors (Lipinski definition) is 2. The molecule has 0 unspecified atom stereocenters. The topological polar surface area (TPSA) is 36.4 Å². The van der Waals surface area contributed by atoms with Crippen molar-refractivity contribution in [1.82, 2.24) is 10.6 Å². The predicted molar refractivity (Wildman–Crippen MR) is 45.6 cm³/mol. The number of aliphatic imine (C=N–C) groups is 1. The molecular formula is C8H13N3. The minimum Gasteiger partial charge on any atom is -0.353 e. The number of rotatable bonds is 0. The van der Waals surface area contributed by atoms with E-state index in [1.807, 2.05) is 6.20 Å². The van der Waals surface area contributed by atoms with E-state index in [4.69, 9.17) is 0 Å². The van der Waals surface area contributed by atoms with Crippen LogP contribution in [0.3, 0.4) is 0 Å². The smallest absolute Gasteiger partial charge is 0.0874 e. The Morgan fingerprint density at radius 2 is 2.09 bits per heavy atom. The van der Waals surface area contributed by atoms with Gasteiger partial charge >= 0.3 is 0 Å². The molecule has 60 valence electrons. The first-order valence-electron chi connectivity index (χ1n) is 4.10. The van der Waals surface area contributed by atoms with Gasteiger partial charge in [-0.1, -0.05) is 0 Å². The van der Waals surface area contributed by atoms with Gasteiger partial charge in [0.15, 0.2) is 0 Å². The summed E-state index contributed by atoms with van der Waals surface area (Å²) in [5.74, 6) is 0. The molecule has 1 saturated heterocycles. The summed E-state index contributed by atoms with van der Waals surface area (Å²) >= 11 is 0. The Kier molecular flexibility index (Phi) is 1.66. The third kappa shape index (κ3) is 1.28. The highest BCUT2D eigenvalue weighted by atomic mass is 15.0. The maximum absolute atomic E-state index is 4.46. The second-order valence-electron chi connectivity index (χ2n) is 3.11. The van der Waals surface area contributed by atoms with E-state index in [1.54, 1.807) is 6.34 Å². The third-order valence-corrected chi connectivity index (χ3v) is 2.36. The van der Waals surface area contributed by atoms with Crippen LogP contribution in [0.1, 0.15) is 12.8 Å². The van der Waals surface area contributed by atoms with Gasteiger partial charge in [-0.3, -0.25) is 4.99 Å². The van der Waals surface area contributed by atoms with Crippen molar-refractivity contribution in [3.63, 3.8) is 0 Å². The SMILES string of the molecule is C1=CC2(CCNCC2)N=CN1. The summed E-state index contributed by atoms with van der Waals surface area (Å²) in [5.41, 5.74) is 0.122. The normalized spacial score (nSPS) is 26.9. The molecule has 2 heterocycles. The van der Waals surface area contributed by atoms with Gasteiger partial charge in [0.25, 0.3) is 0 Å². The number of hydrogen-bond acceptors (Lipinski definition) is 3. The monoisotopic (exact) mass is 151 g/mol. The summed E-state index contributed by atoms with van der Waals surface area (Å²) in [4.78, 5) is 4.46. The fraction of sp³-hybridized carbons (Fsp3) is 0.625. The molecule has 3 heteroatoms. The lowest BCUT2D eigenvalue weighted by molar-refractivity contribution is 0.374. The van der Waals surface area contributed by atoms with Gasteiger partial charge in [-0.15, -0.1) is 0 Å². The van der Waals surface area contributed by atoms with Crippen LogP contribution in [0.15, 0.2) is 17.3 Å². The molecule has 2 N–H and O–H groups in total. The summed E-state index contributed by atoms with van der Waals surface area (Å²) in [6.45, 7) is 2.17. The molecule has 1 spiro atoms. The molecule has 11 heavy (non-hydrogen) atoms. The zero-order valence-corrected chi connectivity index (χ0v) is 6.51. The minimum absolute atomic E-state index is 0.122. The standard InChI is InChI=1S/C8H13N3/c1-4-9-5-2-8(1)3-6-10-7-11-8/h3,6-7,9H,1-2,4-5H2,(H,10,11). The highest BCUT2D eigenvalue weighted by Gasteiger charge is 2.28. The van der Waals surface area contributed by atoms with Crippen LogP contribution in [0, 0.1) is 0 Å². The Morgan fingerprint density at radius 3 is 2.73 bits per heavy atom. The van der Waals surface area contributed by atoms with Crippen LogP contribution in [-0.4, -0.2) is 25.0 Å². The molecule has 2 rings (SSSR count). The molecule has 2 aliphatic heterocycles. The largest absolute Gasteiger partial charge is 0.353 e. The molecule has 0 amide bonds. The Balaban J connectivity index is 2.12. The predicted octanol–water partition coefficient (Wildman–Crippen LogP) is 0.254. The van der Waals surface area contributed by atoms with E-state index in [1.165, 1.54) is 0 Å². The maximum Gasteiger partial charge on any atom is 0.0874 e. The average Bonchev–Trinajstić information content (AvgIpc) is 2.07. The van der Waals surface area contributed by atoms with E-state index < -0.39 is 0 Å². The lowest BCUT2D eigenvalue weighted by Crippen LogP contribution is -2.41. The molecule has 0 saturated carbocycles. The molecule has 0 aromatic carbocycles. The van der Waals surface area contributed by atoms with Crippen LogP contribution in [0.25, 0.3) is 0 Å². The highest BCUT2D eigenvalue weighted by Crippen LogP contribution is 2.25. The van der Waals surface area contributed by atoms with E-state index in [9.17, 15) is 0 Å². The minimum atomic E-state index is 0.122. The van der Waals surface area contributed by atoms with Gasteiger partial charge in [0.05, 0.1) is 11.9 Å². The van der Waals surface area contributed by atoms with Crippen LogP contribution in [0.5, 0.6) is 0 Å². The zero-order chi connectivity index (χ0) is 7.57. The highest BCUT2D eigenvalue weighted by molar-refractivity contribution is 5.59. The molecule has 0 aliphatic carbocycles. The molecular weight excluding hydrogens is 138 g/mol. The molecule has 0 radical (unpaired) electrons. The lowest BCUT2D eigenvalue weighted by atomic mass is 9.89. The summed E-state index contributed by atoms with van der Waals surface area (Å²) in [7, 11) is 0. The van der Waals surface area contributed by atoms with Crippen molar-refractivity contribution in [1.29, 1.82) is 0 Å². The van der Waals surface area contributed by atoms with Gasteiger partial charge in [0, 0.05) is 6.20 Å². The number of piperidine rings is 1. The van der Waals surface area contributed by atoms with Gasteiger partial charge in [-0.2, -0.15) is 0 Å². The Bertz CT molecular complexity index is 176. The van der Waals surface area contributed by atoms with Crippen LogP contribution >= 0.6 is 0 Å². The fourth-order valence-electron chi connectivity index (χ4n) is 1.61. The van der Waals surface area contributed by atoms with Gasteiger partial charge in [-0.25, -0.2) is 0 Å². The Labute approximate surface area is 66.6 Å². The Hall–Kier alpha value is -0.830. The fourth-order valence-corrected chi connectivity index (χ4v) is 1.61. The molecule has 3 nitrogen and oxygen atoms in total. The molecule has 0 aromatic heterocycles. The van der Waals surface area contributed by atoms with Crippen molar-refractivity contribution >= 4 is 6.34 Å². The van der Waals surface area contributed by atoms with E-state index in [0.717, 1.165) is 25.9 Å². The first kappa shape index (κ1) is 6.85. The number of nitrogens with zero attached hydrogens (tertiary/aromatic N) is 1. The van der Waals surface area contributed by atoms with Crippen molar-refractivity contribution in [2.24, 2.45) is 4.99 Å². The molecule has 0 aromatic rings. The van der Waals surface area contributed by atoms with Gasteiger partial charge in [0.2, 0.25) is 0 Å². The second kappa shape index (κ2) is 2.66. The van der Waals surface area contributed by atoms with Gasteiger partial charge in [-0.05, 0) is 32.0 Å². The first-order chi connectivity index (χ1) is 5.41. The summed E-state index contributed by atoms with van der Waals surface area (Å²) in [5, 5.41) is 6.29. The van der Waals surface area contributed by atoms with Crippen molar-refractivity contribution in [2.45, 2.75) is 18.4 Å². The van der Waals surface area contributed by atoms with Crippen LogP contribution in [0.2, 0.25) is 0 Å². The van der Waals surface area contributed by atoms with Crippen molar-refractivity contribution in [3.05, 3.63) is 12.3 Å². The summed E-state index contributed by atoms with van der Waals surface area (Å²) < 4.78 is 0. The van der Waals surface area contributed by atoms with Crippen molar-refractivity contribution < 1.29 is 0 Å². The van der Waals surface area contributed by atoms with E-state index in [0.29, 0.717) is 0 Å². The summed E-state index contributed by atoms with van der Waals surface area (Å²) in [6, 6.07) is 0. The van der Waals surface area contributed by atoms with E-state index in [2.05, 4.69) is 21.7 Å². The molecule has 0 bridgehead atoms. The maximum atomic E-state index is 4.46.